The minimum Gasteiger partial charge on any atom is -0.495 e. The first-order valence-corrected chi connectivity index (χ1v) is 3.49. The molecule has 0 fully saturated rings. The lowest BCUT2D eigenvalue weighted by molar-refractivity contribution is 0.264. The third kappa shape index (κ3) is 1.48. The van der Waals surface area contributed by atoms with Crippen LogP contribution in [-0.4, -0.2) is 24.3 Å². The van der Waals surface area contributed by atoms with Gasteiger partial charge in [-0.3, -0.25) is 4.98 Å². The molecule has 1 aromatic rings. The second-order valence-corrected chi connectivity index (χ2v) is 2.18. The van der Waals surface area contributed by atoms with Crippen LogP contribution in [0, 0.1) is 0 Å². The molecule has 4 nitrogen and oxygen atoms in total. The van der Waals surface area contributed by atoms with E-state index in [1.54, 1.807) is 0 Å². The van der Waals surface area contributed by atoms with Crippen LogP contribution in [0.3, 0.4) is 0 Å². The summed E-state index contributed by atoms with van der Waals surface area (Å²) in [5, 5.41) is 8.97. The van der Waals surface area contributed by atoms with Crippen LogP contribution in [0.4, 0.5) is 0 Å². The minimum atomic E-state index is -0.116. The van der Waals surface area contributed by atoms with Crippen LogP contribution in [0.25, 0.3) is 0 Å². The molecule has 12 heavy (non-hydrogen) atoms. The standard InChI is InChI=1S/C8H11NO3/c1-11-7-3-9-4-8(12-2)6(7)5-10/h3-4,10H,5H2,1-2H3. The molecule has 0 aliphatic rings. The van der Waals surface area contributed by atoms with Crippen LogP contribution < -0.4 is 9.47 Å². The number of hydrogen-bond donors (Lipinski definition) is 1. The Balaban J connectivity index is 3.13. The number of aliphatic hydroxyl groups excluding tert-OH is 1. The van der Waals surface area contributed by atoms with Crippen molar-refractivity contribution in [3.05, 3.63) is 18.0 Å². The van der Waals surface area contributed by atoms with Crippen LogP contribution in [0.1, 0.15) is 5.56 Å². The zero-order valence-electron chi connectivity index (χ0n) is 7.07. The molecule has 1 N–H and O–H groups in total. The summed E-state index contributed by atoms with van der Waals surface area (Å²) in [5.74, 6) is 1.08. The molecule has 1 aromatic heterocycles. The molecule has 0 aliphatic heterocycles. The largest absolute Gasteiger partial charge is 0.495 e. The van der Waals surface area contributed by atoms with Crippen LogP contribution >= 0.6 is 0 Å². The molecule has 0 amide bonds. The van der Waals surface area contributed by atoms with E-state index in [-0.39, 0.29) is 6.61 Å². The molecule has 1 heterocycles. The molecule has 4 heteroatoms. The van der Waals surface area contributed by atoms with Gasteiger partial charge >= 0.3 is 0 Å². The lowest BCUT2D eigenvalue weighted by Crippen LogP contribution is -1.97. The van der Waals surface area contributed by atoms with E-state index in [0.717, 1.165) is 0 Å². The monoisotopic (exact) mass is 169 g/mol. The van der Waals surface area contributed by atoms with Gasteiger partial charge in [-0.05, 0) is 0 Å². The van der Waals surface area contributed by atoms with Gasteiger partial charge < -0.3 is 14.6 Å². The molecule has 0 saturated heterocycles. The van der Waals surface area contributed by atoms with Crippen LogP contribution in [0.15, 0.2) is 12.4 Å². The Morgan fingerprint density at radius 2 is 1.75 bits per heavy atom. The Bertz CT molecular complexity index is 240. The normalized spacial score (nSPS) is 9.58. The van der Waals surface area contributed by atoms with Gasteiger partial charge in [0, 0.05) is 0 Å². The Morgan fingerprint density at radius 1 is 1.25 bits per heavy atom. The Morgan fingerprint density at radius 3 is 2.08 bits per heavy atom. The third-order valence-electron chi connectivity index (χ3n) is 1.58. The Labute approximate surface area is 70.8 Å². The minimum absolute atomic E-state index is 0.116. The number of rotatable bonds is 3. The molecule has 0 unspecified atom stereocenters. The van der Waals surface area contributed by atoms with Crippen molar-refractivity contribution >= 4 is 0 Å². The lowest BCUT2D eigenvalue weighted by atomic mass is 10.2. The smallest absolute Gasteiger partial charge is 0.146 e. The quantitative estimate of drug-likeness (QED) is 0.719. The van der Waals surface area contributed by atoms with E-state index < -0.39 is 0 Å². The van der Waals surface area contributed by atoms with Crippen molar-refractivity contribution in [3.63, 3.8) is 0 Å². The number of pyridine rings is 1. The van der Waals surface area contributed by atoms with Gasteiger partial charge in [0.2, 0.25) is 0 Å². The summed E-state index contributed by atoms with van der Waals surface area (Å²) < 4.78 is 9.95. The molecule has 0 aliphatic carbocycles. The van der Waals surface area contributed by atoms with Crippen molar-refractivity contribution in [3.8, 4) is 11.5 Å². The molecular formula is C8H11NO3. The van der Waals surface area contributed by atoms with Crippen LogP contribution in [-0.2, 0) is 6.61 Å². The summed E-state index contributed by atoms with van der Waals surface area (Å²) in [6, 6.07) is 0. The van der Waals surface area contributed by atoms with E-state index in [0.29, 0.717) is 17.1 Å². The molecular weight excluding hydrogens is 158 g/mol. The number of methoxy groups -OCH3 is 2. The maximum absolute atomic E-state index is 8.97. The van der Waals surface area contributed by atoms with Gasteiger partial charge in [0.05, 0.1) is 38.8 Å². The van der Waals surface area contributed by atoms with E-state index in [1.165, 1.54) is 26.6 Å². The van der Waals surface area contributed by atoms with Gasteiger partial charge in [-0.1, -0.05) is 0 Å². The Hall–Kier alpha value is -1.29. The highest BCUT2D eigenvalue weighted by atomic mass is 16.5. The number of aromatic nitrogens is 1. The zero-order chi connectivity index (χ0) is 8.97. The number of nitrogens with zero attached hydrogens (tertiary/aromatic N) is 1. The summed E-state index contributed by atoms with van der Waals surface area (Å²) in [4.78, 5) is 3.87. The van der Waals surface area contributed by atoms with E-state index in [1.807, 2.05) is 0 Å². The predicted molar refractivity (Wildman–Crippen MR) is 43.3 cm³/mol. The zero-order valence-corrected chi connectivity index (χ0v) is 7.07. The number of hydrogen-bond acceptors (Lipinski definition) is 4. The van der Waals surface area contributed by atoms with E-state index >= 15 is 0 Å². The maximum atomic E-state index is 8.97. The fourth-order valence-corrected chi connectivity index (χ4v) is 0.958. The third-order valence-corrected chi connectivity index (χ3v) is 1.58. The SMILES string of the molecule is COc1cncc(OC)c1CO. The van der Waals surface area contributed by atoms with E-state index in [4.69, 9.17) is 14.6 Å². The molecule has 1 rings (SSSR count). The summed E-state index contributed by atoms with van der Waals surface area (Å²) in [6.45, 7) is -0.116. The average Bonchev–Trinajstić information content (AvgIpc) is 2.16. The van der Waals surface area contributed by atoms with Gasteiger partial charge in [0.1, 0.15) is 11.5 Å². The van der Waals surface area contributed by atoms with Gasteiger partial charge in [0.25, 0.3) is 0 Å². The van der Waals surface area contributed by atoms with E-state index in [9.17, 15) is 0 Å². The fraction of sp³-hybridized carbons (Fsp3) is 0.375. The highest BCUT2D eigenvalue weighted by molar-refractivity contribution is 5.40. The lowest BCUT2D eigenvalue weighted by Gasteiger charge is -2.09. The van der Waals surface area contributed by atoms with Crippen LogP contribution in [0.2, 0.25) is 0 Å². The highest BCUT2D eigenvalue weighted by Crippen LogP contribution is 2.25. The predicted octanol–water partition coefficient (Wildman–Crippen LogP) is 0.591. The molecule has 0 radical (unpaired) electrons. The summed E-state index contributed by atoms with van der Waals surface area (Å²) in [5.41, 5.74) is 0.620. The van der Waals surface area contributed by atoms with Crippen molar-refractivity contribution in [2.24, 2.45) is 0 Å². The van der Waals surface area contributed by atoms with Crippen molar-refractivity contribution in [1.82, 2.24) is 4.98 Å². The van der Waals surface area contributed by atoms with Gasteiger partial charge in [-0.15, -0.1) is 0 Å². The summed E-state index contributed by atoms with van der Waals surface area (Å²) >= 11 is 0. The van der Waals surface area contributed by atoms with Crippen molar-refractivity contribution in [2.75, 3.05) is 14.2 Å². The molecule has 0 bridgehead atoms. The topological polar surface area (TPSA) is 51.6 Å². The Kier molecular flexibility index (Phi) is 2.88. The highest BCUT2D eigenvalue weighted by Gasteiger charge is 2.08. The summed E-state index contributed by atoms with van der Waals surface area (Å²) in [6.07, 6.45) is 3.07. The fourth-order valence-electron chi connectivity index (χ4n) is 0.958. The second kappa shape index (κ2) is 3.92. The number of ether oxygens (including phenoxy) is 2. The molecule has 0 spiro atoms. The van der Waals surface area contributed by atoms with Gasteiger partial charge in [-0.25, -0.2) is 0 Å². The first-order valence-electron chi connectivity index (χ1n) is 3.49. The van der Waals surface area contributed by atoms with Crippen molar-refractivity contribution in [2.45, 2.75) is 6.61 Å². The average molecular weight is 169 g/mol. The first kappa shape index (κ1) is 8.80. The van der Waals surface area contributed by atoms with Crippen molar-refractivity contribution in [1.29, 1.82) is 0 Å². The first-order chi connectivity index (χ1) is 5.83. The molecule has 0 atom stereocenters. The van der Waals surface area contributed by atoms with Gasteiger partial charge in [-0.2, -0.15) is 0 Å². The summed E-state index contributed by atoms with van der Waals surface area (Å²) in [7, 11) is 3.05. The second-order valence-electron chi connectivity index (χ2n) is 2.18. The van der Waals surface area contributed by atoms with Crippen molar-refractivity contribution < 1.29 is 14.6 Å². The maximum Gasteiger partial charge on any atom is 0.146 e. The molecule has 0 aromatic carbocycles. The van der Waals surface area contributed by atoms with E-state index in [2.05, 4.69) is 4.98 Å². The van der Waals surface area contributed by atoms with Crippen LogP contribution in [0.5, 0.6) is 11.5 Å². The van der Waals surface area contributed by atoms with Gasteiger partial charge in [0.15, 0.2) is 0 Å². The molecule has 0 saturated carbocycles. The molecule has 66 valence electrons. The number of aliphatic hydroxyl groups is 1.